The molecular weight excluding hydrogens is 460 g/mol. The van der Waals surface area contributed by atoms with Crippen LogP contribution in [-0.2, 0) is 0 Å². The standard InChI is InChI=1S/C32H35NP2/c1-32(2,33)27(23-25-34(28-15-7-3-8-16-28)29-17-9-4-10-18-29)24-26-35(30-19-11-5-12-20-30)31-21-13-6-14-22-31/h3-23H,24-26,33H2,1-2H3. The largest absolute Gasteiger partial charge is 0.322 e. The Morgan fingerprint density at radius 1 is 0.600 bits per heavy atom. The van der Waals surface area contributed by atoms with Gasteiger partial charge < -0.3 is 5.73 Å². The molecule has 0 unspecified atom stereocenters. The van der Waals surface area contributed by atoms with Crippen LogP contribution >= 0.6 is 15.8 Å². The second kappa shape index (κ2) is 12.4. The average molecular weight is 496 g/mol. The van der Waals surface area contributed by atoms with Gasteiger partial charge in [0.2, 0.25) is 0 Å². The molecule has 3 heteroatoms. The van der Waals surface area contributed by atoms with Gasteiger partial charge in [0.1, 0.15) is 0 Å². The Balaban J connectivity index is 1.60. The molecule has 178 valence electrons. The molecule has 1 nitrogen and oxygen atoms in total. The summed E-state index contributed by atoms with van der Waals surface area (Å²) in [6, 6.07) is 43.8. The third-order valence-corrected chi connectivity index (χ3v) is 11.1. The van der Waals surface area contributed by atoms with Gasteiger partial charge in [0.05, 0.1) is 0 Å². The molecule has 0 atom stereocenters. The molecule has 0 heterocycles. The minimum absolute atomic E-state index is 0.344. The van der Waals surface area contributed by atoms with Crippen LogP contribution in [0.2, 0.25) is 0 Å². The van der Waals surface area contributed by atoms with Gasteiger partial charge in [-0.05, 0) is 69.7 Å². The van der Waals surface area contributed by atoms with Crippen molar-refractivity contribution >= 4 is 37.1 Å². The Bertz CT molecular complexity index is 1110. The van der Waals surface area contributed by atoms with E-state index in [1.54, 1.807) is 0 Å². The maximum absolute atomic E-state index is 6.75. The fourth-order valence-corrected chi connectivity index (χ4v) is 8.85. The molecule has 4 aromatic carbocycles. The van der Waals surface area contributed by atoms with E-state index in [1.165, 1.54) is 26.8 Å². The van der Waals surface area contributed by atoms with Gasteiger partial charge >= 0.3 is 0 Å². The number of nitrogens with two attached hydrogens (primary N) is 1. The zero-order chi connectivity index (χ0) is 24.5. The molecule has 0 spiro atoms. The Labute approximate surface area is 213 Å². The van der Waals surface area contributed by atoms with Crippen LogP contribution in [-0.4, -0.2) is 17.9 Å². The van der Waals surface area contributed by atoms with E-state index in [2.05, 4.69) is 141 Å². The molecule has 0 aliphatic heterocycles. The summed E-state index contributed by atoms with van der Waals surface area (Å²) in [5.74, 6) is 0. The lowest BCUT2D eigenvalue weighted by atomic mass is 9.93. The summed E-state index contributed by atoms with van der Waals surface area (Å²) < 4.78 is 0. The Morgan fingerprint density at radius 2 is 0.943 bits per heavy atom. The zero-order valence-electron chi connectivity index (χ0n) is 20.7. The molecule has 0 bridgehead atoms. The van der Waals surface area contributed by atoms with E-state index in [0.717, 1.165) is 18.7 Å². The van der Waals surface area contributed by atoms with Crippen molar-refractivity contribution in [3.05, 3.63) is 133 Å². The second-order valence-corrected chi connectivity index (χ2v) is 13.9. The Morgan fingerprint density at radius 3 is 1.29 bits per heavy atom. The van der Waals surface area contributed by atoms with E-state index >= 15 is 0 Å². The molecule has 0 saturated carbocycles. The number of hydrogen-bond donors (Lipinski definition) is 1. The maximum atomic E-state index is 6.75. The van der Waals surface area contributed by atoms with Gasteiger partial charge in [-0.3, -0.25) is 0 Å². The highest BCUT2D eigenvalue weighted by molar-refractivity contribution is 7.73. The Kier molecular flexibility index (Phi) is 9.06. The van der Waals surface area contributed by atoms with Crippen molar-refractivity contribution in [1.29, 1.82) is 0 Å². The molecule has 0 amide bonds. The van der Waals surface area contributed by atoms with Crippen LogP contribution in [0.4, 0.5) is 0 Å². The van der Waals surface area contributed by atoms with E-state index in [9.17, 15) is 0 Å². The van der Waals surface area contributed by atoms with Crippen molar-refractivity contribution in [2.45, 2.75) is 25.8 Å². The molecule has 35 heavy (non-hydrogen) atoms. The summed E-state index contributed by atoms with van der Waals surface area (Å²) >= 11 is 0. The van der Waals surface area contributed by atoms with Crippen LogP contribution in [0.5, 0.6) is 0 Å². The molecule has 4 rings (SSSR count). The van der Waals surface area contributed by atoms with Crippen LogP contribution in [0.1, 0.15) is 20.3 Å². The van der Waals surface area contributed by atoms with Crippen molar-refractivity contribution in [1.82, 2.24) is 0 Å². The highest BCUT2D eigenvalue weighted by Gasteiger charge is 2.22. The summed E-state index contributed by atoms with van der Waals surface area (Å²) in [4.78, 5) is 0. The first kappa shape index (κ1) is 25.5. The zero-order valence-corrected chi connectivity index (χ0v) is 22.5. The van der Waals surface area contributed by atoms with Gasteiger partial charge in [0.25, 0.3) is 0 Å². The van der Waals surface area contributed by atoms with Crippen molar-refractivity contribution < 1.29 is 0 Å². The summed E-state index contributed by atoms with van der Waals surface area (Å²) in [7, 11) is -0.906. The molecule has 4 aromatic rings. The summed E-state index contributed by atoms with van der Waals surface area (Å²) in [5.41, 5.74) is 7.77. The van der Waals surface area contributed by atoms with Gasteiger partial charge in [-0.15, -0.1) is 0 Å². The van der Waals surface area contributed by atoms with Crippen LogP contribution in [0.25, 0.3) is 0 Å². The minimum Gasteiger partial charge on any atom is -0.322 e. The molecule has 2 N–H and O–H groups in total. The van der Waals surface area contributed by atoms with Crippen LogP contribution in [0.3, 0.4) is 0 Å². The smallest absolute Gasteiger partial charge is 0.0311 e. The van der Waals surface area contributed by atoms with Crippen molar-refractivity contribution in [2.75, 3.05) is 12.3 Å². The number of allylic oxidation sites excluding steroid dienone is 1. The van der Waals surface area contributed by atoms with Crippen LogP contribution < -0.4 is 27.0 Å². The molecule has 0 aliphatic carbocycles. The number of rotatable bonds is 10. The van der Waals surface area contributed by atoms with Crippen molar-refractivity contribution in [3.63, 3.8) is 0 Å². The van der Waals surface area contributed by atoms with Gasteiger partial charge in [-0.1, -0.05) is 133 Å². The molecular formula is C32H35NP2. The lowest BCUT2D eigenvalue weighted by Gasteiger charge is -2.27. The van der Waals surface area contributed by atoms with E-state index < -0.39 is 15.8 Å². The summed E-state index contributed by atoms with van der Waals surface area (Å²) in [6.45, 7) is 4.30. The van der Waals surface area contributed by atoms with Gasteiger partial charge in [-0.25, -0.2) is 0 Å². The van der Waals surface area contributed by atoms with E-state index in [1.807, 2.05) is 0 Å². The first-order valence-corrected chi connectivity index (χ1v) is 15.3. The molecule has 0 radical (unpaired) electrons. The minimum atomic E-state index is -0.471. The topological polar surface area (TPSA) is 26.0 Å². The first-order chi connectivity index (χ1) is 17.0. The van der Waals surface area contributed by atoms with Crippen molar-refractivity contribution in [2.24, 2.45) is 5.73 Å². The highest BCUT2D eigenvalue weighted by atomic mass is 31.1. The van der Waals surface area contributed by atoms with E-state index in [4.69, 9.17) is 5.73 Å². The third-order valence-electron chi connectivity index (χ3n) is 6.22. The van der Waals surface area contributed by atoms with Crippen LogP contribution in [0, 0.1) is 0 Å². The quantitative estimate of drug-likeness (QED) is 0.203. The lowest BCUT2D eigenvalue weighted by molar-refractivity contribution is 0.591. The number of hydrogen-bond acceptors (Lipinski definition) is 1. The monoisotopic (exact) mass is 495 g/mol. The third kappa shape index (κ3) is 7.22. The molecule has 0 aromatic heterocycles. The molecule has 0 fully saturated rings. The van der Waals surface area contributed by atoms with E-state index in [0.29, 0.717) is 0 Å². The normalized spacial score (nSPS) is 12.3. The Hall–Kier alpha value is -2.56. The second-order valence-electron chi connectivity index (χ2n) is 9.31. The maximum Gasteiger partial charge on any atom is 0.0311 e. The van der Waals surface area contributed by atoms with Gasteiger partial charge in [0.15, 0.2) is 0 Å². The summed E-state index contributed by atoms with van der Waals surface area (Å²) in [6.07, 6.45) is 5.57. The van der Waals surface area contributed by atoms with Crippen LogP contribution in [0.15, 0.2) is 133 Å². The predicted octanol–water partition coefficient (Wildman–Crippen LogP) is 6.31. The molecule has 0 aliphatic rings. The van der Waals surface area contributed by atoms with Crippen molar-refractivity contribution in [3.8, 4) is 0 Å². The highest BCUT2D eigenvalue weighted by Crippen LogP contribution is 2.38. The predicted molar refractivity (Wildman–Crippen MR) is 159 cm³/mol. The fraction of sp³-hybridized carbons (Fsp3) is 0.188. The SMILES string of the molecule is CC(C)(N)C(=CCP(c1ccccc1)c1ccccc1)CCP(c1ccccc1)c1ccccc1. The van der Waals surface area contributed by atoms with Gasteiger partial charge in [-0.2, -0.15) is 0 Å². The molecule has 0 saturated heterocycles. The van der Waals surface area contributed by atoms with E-state index in [-0.39, 0.29) is 5.54 Å². The first-order valence-electron chi connectivity index (χ1n) is 12.3. The average Bonchev–Trinajstić information content (AvgIpc) is 2.89. The van der Waals surface area contributed by atoms with Gasteiger partial charge in [0, 0.05) is 5.54 Å². The lowest BCUT2D eigenvalue weighted by Crippen LogP contribution is -2.35. The summed E-state index contributed by atoms with van der Waals surface area (Å²) in [5, 5.41) is 5.68. The number of benzene rings is 4. The fourth-order valence-electron chi connectivity index (χ4n) is 4.32.